The highest BCUT2D eigenvalue weighted by Gasteiger charge is 2.09. The minimum Gasteiger partial charge on any atom is -0.494 e. The summed E-state index contributed by atoms with van der Waals surface area (Å²) in [7, 11) is 1.46. The van der Waals surface area contributed by atoms with Gasteiger partial charge in [0.2, 0.25) is 0 Å². The van der Waals surface area contributed by atoms with Crippen LogP contribution in [0.25, 0.3) is 0 Å². The SMILES string of the molecule is COc1ccc(C(C)Nn2cccc2)cc1F. The van der Waals surface area contributed by atoms with Crippen molar-refractivity contribution in [1.82, 2.24) is 4.68 Å². The van der Waals surface area contributed by atoms with E-state index < -0.39 is 0 Å². The predicted octanol–water partition coefficient (Wildman–Crippen LogP) is 2.94. The fourth-order valence-electron chi connectivity index (χ4n) is 1.67. The summed E-state index contributed by atoms with van der Waals surface area (Å²) in [5.74, 6) is -0.0759. The maximum absolute atomic E-state index is 13.5. The molecular weight excluding hydrogens is 219 g/mol. The lowest BCUT2D eigenvalue weighted by Crippen LogP contribution is -2.17. The Morgan fingerprint density at radius 2 is 2.00 bits per heavy atom. The molecule has 2 aromatic rings. The molecule has 0 aliphatic rings. The maximum Gasteiger partial charge on any atom is 0.165 e. The molecule has 1 aromatic heterocycles. The Labute approximate surface area is 99.8 Å². The van der Waals surface area contributed by atoms with Crippen LogP contribution in [-0.4, -0.2) is 11.8 Å². The van der Waals surface area contributed by atoms with Crippen molar-refractivity contribution >= 4 is 0 Å². The molecule has 3 nitrogen and oxygen atoms in total. The molecule has 1 N–H and O–H groups in total. The van der Waals surface area contributed by atoms with Gasteiger partial charge in [-0.05, 0) is 36.8 Å². The molecule has 1 heterocycles. The van der Waals surface area contributed by atoms with Crippen LogP contribution in [0.3, 0.4) is 0 Å². The predicted molar refractivity (Wildman–Crippen MR) is 65.2 cm³/mol. The summed E-state index contributed by atoms with van der Waals surface area (Å²) in [6.07, 6.45) is 3.80. The lowest BCUT2D eigenvalue weighted by molar-refractivity contribution is 0.386. The Kier molecular flexibility index (Phi) is 3.32. The van der Waals surface area contributed by atoms with Crippen LogP contribution < -0.4 is 10.2 Å². The molecule has 90 valence electrons. The Morgan fingerprint density at radius 3 is 2.59 bits per heavy atom. The second-order valence-corrected chi connectivity index (χ2v) is 3.84. The minimum atomic E-state index is -0.342. The molecule has 0 radical (unpaired) electrons. The molecule has 4 heteroatoms. The molecule has 17 heavy (non-hydrogen) atoms. The van der Waals surface area contributed by atoms with Crippen LogP contribution in [-0.2, 0) is 0 Å². The fourth-order valence-corrected chi connectivity index (χ4v) is 1.67. The summed E-state index contributed by atoms with van der Waals surface area (Å²) in [4.78, 5) is 0. The van der Waals surface area contributed by atoms with Crippen LogP contribution in [0.4, 0.5) is 4.39 Å². The molecule has 0 fully saturated rings. The van der Waals surface area contributed by atoms with E-state index in [1.165, 1.54) is 13.2 Å². The Hall–Kier alpha value is -1.97. The zero-order valence-corrected chi connectivity index (χ0v) is 9.85. The molecule has 2 rings (SSSR count). The second kappa shape index (κ2) is 4.91. The van der Waals surface area contributed by atoms with Crippen molar-refractivity contribution in [2.45, 2.75) is 13.0 Å². The number of hydrogen-bond donors (Lipinski definition) is 1. The highest BCUT2D eigenvalue weighted by molar-refractivity contribution is 5.31. The summed E-state index contributed by atoms with van der Waals surface area (Å²) < 4.78 is 20.3. The average molecular weight is 234 g/mol. The summed E-state index contributed by atoms with van der Waals surface area (Å²) >= 11 is 0. The van der Waals surface area contributed by atoms with Gasteiger partial charge in [-0.1, -0.05) is 6.07 Å². The van der Waals surface area contributed by atoms with E-state index in [2.05, 4.69) is 5.43 Å². The van der Waals surface area contributed by atoms with Crippen molar-refractivity contribution in [3.8, 4) is 5.75 Å². The van der Waals surface area contributed by atoms with Gasteiger partial charge in [-0.3, -0.25) is 4.68 Å². The second-order valence-electron chi connectivity index (χ2n) is 3.84. The molecule has 0 spiro atoms. The van der Waals surface area contributed by atoms with E-state index in [-0.39, 0.29) is 17.6 Å². The molecule has 1 unspecified atom stereocenters. The smallest absolute Gasteiger partial charge is 0.165 e. The number of nitrogens with zero attached hydrogens (tertiary/aromatic N) is 1. The standard InChI is InChI=1S/C13H15FN2O/c1-10(15-16-7-3-4-8-16)11-5-6-13(17-2)12(14)9-11/h3-10,15H,1-2H3. The highest BCUT2D eigenvalue weighted by Crippen LogP contribution is 2.22. The van der Waals surface area contributed by atoms with Gasteiger partial charge in [0.15, 0.2) is 11.6 Å². The average Bonchev–Trinajstić information content (AvgIpc) is 2.81. The highest BCUT2D eigenvalue weighted by atomic mass is 19.1. The van der Waals surface area contributed by atoms with E-state index in [1.807, 2.05) is 42.2 Å². The maximum atomic E-state index is 13.5. The van der Waals surface area contributed by atoms with Gasteiger partial charge in [0.25, 0.3) is 0 Å². The molecule has 1 aromatic carbocycles. The molecule has 0 amide bonds. The fraction of sp³-hybridized carbons (Fsp3) is 0.231. The molecule has 0 saturated carbocycles. The number of methoxy groups -OCH3 is 1. The van der Waals surface area contributed by atoms with Gasteiger partial charge in [0, 0.05) is 12.4 Å². The van der Waals surface area contributed by atoms with E-state index in [0.717, 1.165) is 5.56 Å². The number of hydrogen-bond acceptors (Lipinski definition) is 2. The summed E-state index contributed by atoms with van der Waals surface area (Å²) in [6, 6.07) is 8.84. The third kappa shape index (κ3) is 2.58. The normalized spacial score (nSPS) is 12.2. The molecule has 0 bridgehead atoms. The first-order chi connectivity index (χ1) is 8.20. The van der Waals surface area contributed by atoms with E-state index in [1.54, 1.807) is 6.07 Å². The van der Waals surface area contributed by atoms with Crippen LogP contribution in [0.15, 0.2) is 42.7 Å². The van der Waals surface area contributed by atoms with Crippen molar-refractivity contribution in [2.24, 2.45) is 0 Å². The van der Waals surface area contributed by atoms with Crippen molar-refractivity contribution < 1.29 is 9.13 Å². The largest absolute Gasteiger partial charge is 0.494 e. The van der Waals surface area contributed by atoms with E-state index >= 15 is 0 Å². The molecule has 0 aliphatic carbocycles. The van der Waals surface area contributed by atoms with Gasteiger partial charge in [0.1, 0.15) is 0 Å². The third-order valence-electron chi connectivity index (χ3n) is 2.62. The van der Waals surface area contributed by atoms with Crippen molar-refractivity contribution in [3.05, 3.63) is 54.1 Å². The van der Waals surface area contributed by atoms with Crippen LogP contribution in [0, 0.1) is 5.82 Å². The topological polar surface area (TPSA) is 26.2 Å². The van der Waals surface area contributed by atoms with E-state index in [0.29, 0.717) is 0 Å². The summed E-state index contributed by atoms with van der Waals surface area (Å²) in [6.45, 7) is 1.97. The van der Waals surface area contributed by atoms with Gasteiger partial charge in [-0.15, -0.1) is 0 Å². The number of rotatable bonds is 4. The van der Waals surface area contributed by atoms with Crippen LogP contribution in [0.1, 0.15) is 18.5 Å². The molecule has 1 atom stereocenters. The first-order valence-electron chi connectivity index (χ1n) is 5.43. The monoisotopic (exact) mass is 234 g/mol. The third-order valence-corrected chi connectivity index (χ3v) is 2.62. The van der Waals surface area contributed by atoms with E-state index in [4.69, 9.17) is 4.74 Å². The van der Waals surface area contributed by atoms with Gasteiger partial charge in [-0.2, -0.15) is 0 Å². The van der Waals surface area contributed by atoms with Gasteiger partial charge >= 0.3 is 0 Å². The lowest BCUT2D eigenvalue weighted by atomic mass is 10.1. The lowest BCUT2D eigenvalue weighted by Gasteiger charge is -2.17. The van der Waals surface area contributed by atoms with Crippen molar-refractivity contribution in [3.63, 3.8) is 0 Å². The zero-order chi connectivity index (χ0) is 12.3. The van der Waals surface area contributed by atoms with Gasteiger partial charge < -0.3 is 10.2 Å². The van der Waals surface area contributed by atoms with Crippen LogP contribution >= 0.6 is 0 Å². The number of nitrogens with one attached hydrogen (secondary N) is 1. The summed E-state index contributed by atoms with van der Waals surface area (Å²) in [5.41, 5.74) is 4.08. The number of aromatic nitrogens is 1. The first kappa shape index (κ1) is 11.5. The quantitative estimate of drug-likeness (QED) is 0.880. The Bertz CT molecular complexity index is 482. The minimum absolute atomic E-state index is 0.0165. The number of ether oxygens (including phenoxy) is 1. The molecule has 0 aliphatic heterocycles. The zero-order valence-electron chi connectivity index (χ0n) is 9.85. The molecular formula is C13H15FN2O. The van der Waals surface area contributed by atoms with Gasteiger partial charge in [0.05, 0.1) is 13.2 Å². The summed E-state index contributed by atoms with van der Waals surface area (Å²) in [5, 5.41) is 0. The Balaban J connectivity index is 2.14. The number of benzene rings is 1. The number of halogens is 1. The first-order valence-corrected chi connectivity index (χ1v) is 5.43. The van der Waals surface area contributed by atoms with E-state index in [9.17, 15) is 4.39 Å². The van der Waals surface area contributed by atoms with Crippen LogP contribution in [0.2, 0.25) is 0 Å². The van der Waals surface area contributed by atoms with Crippen LogP contribution in [0.5, 0.6) is 5.75 Å². The Morgan fingerprint density at radius 1 is 1.29 bits per heavy atom. The van der Waals surface area contributed by atoms with Crippen molar-refractivity contribution in [1.29, 1.82) is 0 Å². The molecule has 0 saturated heterocycles. The van der Waals surface area contributed by atoms with Gasteiger partial charge in [-0.25, -0.2) is 4.39 Å². The van der Waals surface area contributed by atoms with Crippen molar-refractivity contribution in [2.75, 3.05) is 12.5 Å².